The minimum Gasteiger partial charge on any atom is -0.460 e. The highest BCUT2D eigenvalue weighted by molar-refractivity contribution is 5.81. The van der Waals surface area contributed by atoms with Crippen molar-refractivity contribution in [3.05, 3.63) is 0 Å². The molecule has 1 saturated heterocycles. The zero-order valence-electron chi connectivity index (χ0n) is 8.12. The van der Waals surface area contributed by atoms with Crippen molar-refractivity contribution in [1.82, 2.24) is 0 Å². The Balaban J connectivity index is 2.18. The monoisotopic (exact) mass is 184 g/mol. The van der Waals surface area contributed by atoms with Gasteiger partial charge in [0.05, 0.1) is 0 Å². The molecule has 74 valence electrons. The van der Waals surface area contributed by atoms with Crippen LogP contribution < -0.4 is 0 Å². The van der Waals surface area contributed by atoms with Gasteiger partial charge in [-0.25, -0.2) is 4.79 Å². The lowest BCUT2D eigenvalue weighted by atomic mass is 9.75. The Bertz CT molecular complexity index is 234. The highest BCUT2D eigenvalue weighted by Gasteiger charge is 2.54. The van der Waals surface area contributed by atoms with E-state index < -0.39 is 11.6 Å². The van der Waals surface area contributed by atoms with Crippen LogP contribution in [0.2, 0.25) is 0 Å². The van der Waals surface area contributed by atoms with E-state index in [0.717, 1.165) is 19.3 Å². The smallest absolute Gasteiger partial charge is 0.338 e. The maximum absolute atomic E-state index is 11.3. The molecular formula is C10H16O3. The first kappa shape index (κ1) is 9.00. The molecule has 1 aliphatic carbocycles. The van der Waals surface area contributed by atoms with Gasteiger partial charge in [-0.05, 0) is 25.7 Å². The third-order valence-corrected chi connectivity index (χ3v) is 3.45. The molecule has 0 spiro atoms. The van der Waals surface area contributed by atoms with Crippen molar-refractivity contribution >= 4 is 5.97 Å². The summed E-state index contributed by atoms with van der Waals surface area (Å²) in [6, 6.07) is 0. The van der Waals surface area contributed by atoms with Crippen LogP contribution in [0.25, 0.3) is 0 Å². The Hall–Kier alpha value is -0.570. The van der Waals surface area contributed by atoms with Crippen LogP contribution in [0.4, 0.5) is 0 Å². The molecule has 2 rings (SSSR count). The third kappa shape index (κ3) is 1.26. The lowest BCUT2D eigenvalue weighted by Crippen LogP contribution is -2.40. The summed E-state index contributed by atoms with van der Waals surface area (Å²) in [5, 5.41) is 9.87. The Morgan fingerprint density at radius 1 is 1.54 bits per heavy atom. The Kier molecular flexibility index (Phi) is 1.88. The molecule has 13 heavy (non-hydrogen) atoms. The maximum Gasteiger partial charge on any atom is 0.338 e. The van der Waals surface area contributed by atoms with Gasteiger partial charge in [0.15, 0.2) is 5.60 Å². The molecule has 0 unspecified atom stereocenters. The van der Waals surface area contributed by atoms with E-state index in [1.807, 2.05) is 0 Å². The SMILES string of the molecule is C[C@@H]1CC[C@@H]2[C@@H](C1)OC(=O)[C@]2(C)O. The minimum absolute atomic E-state index is 0.0243. The zero-order valence-corrected chi connectivity index (χ0v) is 8.12. The van der Waals surface area contributed by atoms with Crippen LogP contribution in [0, 0.1) is 11.8 Å². The van der Waals surface area contributed by atoms with Crippen molar-refractivity contribution < 1.29 is 14.6 Å². The van der Waals surface area contributed by atoms with Crippen LogP contribution >= 0.6 is 0 Å². The summed E-state index contributed by atoms with van der Waals surface area (Å²) < 4.78 is 5.16. The van der Waals surface area contributed by atoms with Crippen molar-refractivity contribution in [3.63, 3.8) is 0 Å². The second-order valence-electron chi connectivity index (χ2n) is 4.62. The number of aliphatic hydroxyl groups is 1. The lowest BCUT2D eigenvalue weighted by molar-refractivity contribution is -0.154. The number of ether oxygens (including phenoxy) is 1. The topological polar surface area (TPSA) is 46.5 Å². The van der Waals surface area contributed by atoms with Gasteiger partial charge in [-0.1, -0.05) is 13.3 Å². The van der Waals surface area contributed by atoms with Crippen LogP contribution in [0.1, 0.15) is 33.1 Å². The van der Waals surface area contributed by atoms with Gasteiger partial charge in [-0.2, -0.15) is 0 Å². The molecule has 0 aromatic carbocycles. The fourth-order valence-corrected chi connectivity index (χ4v) is 2.51. The molecule has 1 aliphatic heterocycles. The molecule has 1 saturated carbocycles. The number of hydrogen-bond acceptors (Lipinski definition) is 3. The second-order valence-corrected chi connectivity index (χ2v) is 4.62. The standard InChI is InChI=1S/C10H16O3/c1-6-3-4-7-8(5-6)13-9(11)10(7,2)12/h6-8,12H,3-5H2,1-2H3/t6-,7-,8-,10-/m1/s1. The first-order chi connectivity index (χ1) is 6.01. The normalized spacial score (nSPS) is 50.1. The Morgan fingerprint density at radius 3 is 2.92 bits per heavy atom. The largest absolute Gasteiger partial charge is 0.460 e. The summed E-state index contributed by atoms with van der Waals surface area (Å²) in [7, 11) is 0. The zero-order chi connectivity index (χ0) is 9.64. The maximum atomic E-state index is 11.3. The molecule has 0 radical (unpaired) electrons. The van der Waals surface area contributed by atoms with Crippen LogP contribution in [0.5, 0.6) is 0 Å². The summed E-state index contributed by atoms with van der Waals surface area (Å²) in [5.74, 6) is 0.204. The Labute approximate surface area is 78.1 Å². The van der Waals surface area contributed by atoms with E-state index in [1.165, 1.54) is 0 Å². The van der Waals surface area contributed by atoms with Gasteiger partial charge < -0.3 is 9.84 Å². The summed E-state index contributed by atoms with van der Waals surface area (Å²) in [4.78, 5) is 11.3. The molecule has 0 aromatic heterocycles. The predicted octanol–water partition coefficient (Wildman–Crippen LogP) is 1.10. The van der Waals surface area contributed by atoms with E-state index in [4.69, 9.17) is 4.74 Å². The fourth-order valence-electron chi connectivity index (χ4n) is 2.51. The molecule has 0 bridgehead atoms. The summed E-state index contributed by atoms with van der Waals surface area (Å²) >= 11 is 0. The van der Waals surface area contributed by atoms with Gasteiger partial charge in [0.25, 0.3) is 0 Å². The van der Waals surface area contributed by atoms with E-state index >= 15 is 0 Å². The highest BCUT2D eigenvalue weighted by atomic mass is 16.6. The second kappa shape index (κ2) is 2.71. The average molecular weight is 184 g/mol. The molecule has 3 heteroatoms. The molecule has 3 nitrogen and oxygen atoms in total. The van der Waals surface area contributed by atoms with E-state index in [2.05, 4.69) is 6.92 Å². The van der Waals surface area contributed by atoms with Crippen molar-refractivity contribution in [2.45, 2.75) is 44.8 Å². The number of carbonyl (C=O) groups excluding carboxylic acids is 1. The number of fused-ring (bicyclic) bond motifs is 1. The molecule has 1 heterocycles. The number of esters is 1. The van der Waals surface area contributed by atoms with Crippen molar-refractivity contribution in [2.24, 2.45) is 11.8 Å². The van der Waals surface area contributed by atoms with Crippen molar-refractivity contribution in [3.8, 4) is 0 Å². The van der Waals surface area contributed by atoms with E-state index in [1.54, 1.807) is 6.92 Å². The number of hydrogen-bond donors (Lipinski definition) is 1. The molecule has 4 atom stereocenters. The van der Waals surface area contributed by atoms with Crippen molar-refractivity contribution in [2.75, 3.05) is 0 Å². The molecule has 1 N–H and O–H groups in total. The van der Waals surface area contributed by atoms with Crippen LogP contribution in [0.3, 0.4) is 0 Å². The van der Waals surface area contributed by atoms with Crippen LogP contribution in [-0.2, 0) is 9.53 Å². The van der Waals surface area contributed by atoms with Gasteiger partial charge in [-0.15, -0.1) is 0 Å². The summed E-state index contributed by atoms with van der Waals surface area (Å²) in [6.07, 6.45) is 2.87. The van der Waals surface area contributed by atoms with Gasteiger partial charge in [-0.3, -0.25) is 0 Å². The highest BCUT2D eigenvalue weighted by Crippen LogP contribution is 2.42. The van der Waals surface area contributed by atoms with E-state index in [0.29, 0.717) is 5.92 Å². The summed E-state index contributed by atoms with van der Waals surface area (Å²) in [6.45, 7) is 3.74. The van der Waals surface area contributed by atoms with Crippen LogP contribution in [0.15, 0.2) is 0 Å². The molecule has 0 aromatic rings. The van der Waals surface area contributed by atoms with Crippen LogP contribution in [-0.4, -0.2) is 22.8 Å². The lowest BCUT2D eigenvalue weighted by Gasteiger charge is -2.31. The van der Waals surface area contributed by atoms with Gasteiger partial charge >= 0.3 is 5.97 Å². The number of carbonyl (C=O) groups is 1. The third-order valence-electron chi connectivity index (χ3n) is 3.45. The van der Waals surface area contributed by atoms with E-state index in [9.17, 15) is 9.90 Å². The van der Waals surface area contributed by atoms with Gasteiger partial charge in [0, 0.05) is 5.92 Å². The van der Waals surface area contributed by atoms with Gasteiger partial charge in [0.1, 0.15) is 6.10 Å². The molecule has 2 aliphatic rings. The molecular weight excluding hydrogens is 168 g/mol. The minimum atomic E-state index is -1.23. The van der Waals surface area contributed by atoms with Crippen molar-refractivity contribution in [1.29, 1.82) is 0 Å². The first-order valence-electron chi connectivity index (χ1n) is 4.95. The Morgan fingerprint density at radius 2 is 2.23 bits per heavy atom. The average Bonchev–Trinajstić information content (AvgIpc) is 2.23. The summed E-state index contributed by atoms with van der Waals surface area (Å²) in [5.41, 5.74) is -1.23. The first-order valence-corrected chi connectivity index (χ1v) is 4.95. The predicted molar refractivity (Wildman–Crippen MR) is 47.0 cm³/mol. The quantitative estimate of drug-likeness (QED) is 0.573. The fraction of sp³-hybridized carbons (Fsp3) is 0.900. The molecule has 0 amide bonds. The van der Waals surface area contributed by atoms with E-state index in [-0.39, 0.29) is 12.0 Å². The van der Waals surface area contributed by atoms with Gasteiger partial charge in [0.2, 0.25) is 0 Å². The number of rotatable bonds is 0. The molecule has 2 fully saturated rings.